The molecule has 0 aliphatic carbocycles. The van der Waals surface area contributed by atoms with E-state index in [1.807, 2.05) is 0 Å². The number of aromatic nitrogens is 6. The Hall–Kier alpha value is -5.01. The number of anilines is 1. The van der Waals surface area contributed by atoms with Crippen LogP contribution >= 0.6 is 0 Å². The van der Waals surface area contributed by atoms with Crippen LogP contribution in [0.4, 0.5) is 11.5 Å². The minimum Gasteiger partial charge on any atom is -0.378 e. The highest BCUT2D eigenvalue weighted by Gasteiger charge is 2.25. The van der Waals surface area contributed by atoms with Gasteiger partial charge < -0.3 is 5.73 Å². The van der Waals surface area contributed by atoms with E-state index in [4.69, 9.17) is 5.73 Å². The zero-order valence-electron chi connectivity index (χ0n) is 15.5. The molecule has 0 atom stereocenters. The van der Waals surface area contributed by atoms with Crippen molar-refractivity contribution in [2.75, 3.05) is 5.73 Å². The fourth-order valence-corrected chi connectivity index (χ4v) is 2.59. The normalized spacial score (nSPS) is 11.0. The van der Waals surface area contributed by atoms with E-state index in [1.165, 1.54) is 30.5 Å². The Balaban J connectivity index is 1.71. The van der Waals surface area contributed by atoms with E-state index in [0.717, 1.165) is 4.68 Å². The first-order valence-electron chi connectivity index (χ1n) is 8.57. The second-order valence-electron chi connectivity index (χ2n) is 5.96. The number of nitrogens with one attached hydrogen (secondary N) is 1. The number of carbonyl (C=O) groups excluding carboxylic acids is 1. The molecule has 0 spiro atoms. The highest BCUT2D eigenvalue weighted by Crippen LogP contribution is 2.28. The third-order valence-corrected chi connectivity index (χ3v) is 4.00. The van der Waals surface area contributed by atoms with Gasteiger partial charge in [-0.05, 0) is 28.5 Å². The Kier molecular flexibility index (Phi) is 5.08. The van der Waals surface area contributed by atoms with Gasteiger partial charge in [0.15, 0.2) is 5.69 Å². The number of nitrogens with zero attached hydrogens (tertiary/aromatic N) is 8. The monoisotopic (exact) mass is 420 g/mol. The quantitative estimate of drug-likeness (QED) is 0.258. The molecular weight excluding hydrogens is 408 g/mol. The van der Waals surface area contributed by atoms with Crippen molar-refractivity contribution >= 4 is 23.6 Å². The van der Waals surface area contributed by atoms with Gasteiger partial charge in [0.25, 0.3) is 11.6 Å². The maximum absolute atomic E-state index is 12.7. The number of hydrogen-bond donors (Lipinski definition) is 2. The number of benzene rings is 1. The van der Waals surface area contributed by atoms with Gasteiger partial charge in [-0.1, -0.05) is 11.3 Å². The third kappa shape index (κ3) is 3.93. The van der Waals surface area contributed by atoms with Gasteiger partial charge in [-0.15, -0.1) is 5.10 Å². The Morgan fingerprint density at radius 1 is 1.26 bits per heavy atom. The Labute approximate surface area is 172 Å². The van der Waals surface area contributed by atoms with E-state index in [-0.39, 0.29) is 28.7 Å². The van der Waals surface area contributed by atoms with Gasteiger partial charge in [0.2, 0.25) is 11.6 Å². The summed E-state index contributed by atoms with van der Waals surface area (Å²) >= 11 is 0. The zero-order chi connectivity index (χ0) is 21.8. The van der Waals surface area contributed by atoms with Gasteiger partial charge in [0.1, 0.15) is 5.69 Å². The molecular formula is C17H12N10O4. The van der Waals surface area contributed by atoms with Crippen LogP contribution in [-0.4, -0.2) is 47.3 Å². The second-order valence-corrected chi connectivity index (χ2v) is 5.96. The van der Waals surface area contributed by atoms with Gasteiger partial charge in [-0.2, -0.15) is 9.78 Å². The Morgan fingerprint density at radius 2 is 2.06 bits per heavy atom. The number of non-ortho nitro benzene ring substituents is 1. The number of hydrazone groups is 1. The molecule has 0 saturated heterocycles. The number of pyridine rings is 1. The van der Waals surface area contributed by atoms with Crippen LogP contribution in [0.5, 0.6) is 0 Å². The maximum Gasteiger partial charge on any atom is 0.294 e. The molecule has 3 aromatic heterocycles. The summed E-state index contributed by atoms with van der Waals surface area (Å²) in [5.41, 5.74) is 9.05. The SMILES string of the molecule is Nc1nonc1-n1nnc(C(=O)NN=Cc2cccnc2)c1-c1ccc([N+](=O)[O-])cc1. The highest BCUT2D eigenvalue weighted by atomic mass is 16.6. The predicted octanol–water partition coefficient (Wildman–Crippen LogP) is 0.967. The number of nitrogens with two attached hydrogens (primary N) is 1. The lowest BCUT2D eigenvalue weighted by atomic mass is 10.1. The number of nitro benzene ring substituents is 1. The molecule has 0 radical (unpaired) electrons. The zero-order valence-corrected chi connectivity index (χ0v) is 15.5. The number of nitro groups is 1. The smallest absolute Gasteiger partial charge is 0.294 e. The summed E-state index contributed by atoms with van der Waals surface area (Å²) in [5.74, 6) is -0.775. The van der Waals surface area contributed by atoms with Gasteiger partial charge in [0.05, 0.1) is 11.1 Å². The minimum absolute atomic E-state index is 0.00114. The lowest BCUT2D eigenvalue weighted by Crippen LogP contribution is -2.19. The van der Waals surface area contributed by atoms with E-state index >= 15 is 0 Å². The first kappa shape index (κ1) is 19.3. The number of rotatable bonds is 6. The summed E-state index contributed by atoms with van der Waals surface area (Å²) in [6, 6.07) is 8.90. The number of carbonyl (C=O) groups is 1. The molecule has 14 nitrogen and oxygen atoms in total. The van der Waals surface area contributed by atoms with E-state index in [9.17, 15) is 14.9 Å². The summed E-state index contributed by atoms with van der Waals surface area (Å²) in [6.07, 6.45) is 4.57. The number of nitrogen functional groups attached to an aromatic ring is 1. The maximum atomic E-state index is 12.7. The van der Waals surface area contributed by atoms with Crippen molar-refractivity contribution < 1.29 is 14.3 Å². The minimum atomic E-state index is -0.685. The van der Waals surface area contributed by atoms with Crippen LogP contribution in [-0.2, 0) is 0 Å². The molecule has 154 valence electrons. The van der Waals surface area contributed by atoms with E-state index in [2.05, 4.69) is 40.8 Å². The van der Waals surface area contributed by atoms with Gasteiger partial charge in [-0.25, -0.2) is 10.1 Å². The van der Waals surface area contributed by atoms with Crippen LogP contribution in [0.25, 0.3) is 17.1 Å². The fourth-order valence-electron chi connectivity index (χ4n) is 2.59. The van der Waals surface area contributed by atoms with Gasteiger partial charge in [0, 0.05) is 35.7 Å². The lowest BCUT2D eigenvalue weighted by molar-refractivity contribution is -0.384. The molecule has 1 amide bonds. The molecule has 3 heterocycles. The van der Waals surface area contributed by atoms with Crippen molar-refractivity contribution in [1.82, 2.24) is 35.7 Å². The van der Waals surface area contributed by atoms with E-state index in [0.29, 0.717) is 11.1 Å². The van der Waals surface area contributed by atoms with Crippen molar-refractivity contribution in [2.24, 2.45) is 5.10 Å². The van der Waals surface area contributed by atoms with E-state index < -0.39 is 10.8 Å². The molecule has 0 aliphatic heterocycles. The summed E-state index contributed by atoms with van der Waals surface area (Å²) < 4.78 is 5.74. The predicted molar refractivity (Wildman–Crippen MR) is 105 cm³/mol. The average molecular weight is 420 g/mol. The average Bonchev–Trinajstić information content (AvgIpc) is 3.40. The first-order valence-corrected chi connectivity index (χ1v) is 8.57. The van der Waals surface area contributed by atoms with Crippen LogP contribution in [0, 0.1) is 10.1 Å². The molecule has 4 rings (SSSR count). The van der Waals surface area contributed by atoms with E-state index in [1.54, 1.807) is 24.5 Å². The summed E-state index contributed by atoms with van der Waals surface area (Å²) in [6.45, 7) is 0. The standard InChI is InChI=1S/C17H12N10O4/c18-15-16(24-31-23-15)26-14(11-3-5-12(6-4-11)27(29)30)13(21-25-26)17(28)22-20-9-10-2-1-7-19-8-10/h1-9H,(H2,18,23)(H,22,28). The van der Waals surface area contributed by atoms with Crippen molar-refractivity contribution in [1.29, 1.82) is 0 Å². The van der Waals surface area contributed by atoms with Crippen LogP contribution in [0.3, 0.4) is 0 Å². The second kappa shape index (κ2) is 8.16. The van der Waals surface area contributed by atoms with Gasteiger partial charge in [-0.3, -0.25) is 19.9 Å². The lowest BCUT2D eigenvalue weighted by Gasteiger charge is -2.05. The van der Waals surface area contributed by atoms with Crippen molar-refractivity contribution in [3.63, 3.8) is 0 Å². The molecule has 31 heavy (non-hydrogen) atoms. The first-order chi connectivity index (χ1) is 15.0. The largest absolute Gasteiger partial charge is 0.378 e. The molecule has 4 aromatic rings. The highest BCUT2D eigenvalue weighted by molar-refractivity contribution is 5.98. The summed E-state index contributed by atoms with van der Waals surface area (Å²) in [4.78, 5) is 27.1. The Morgan fingerprint density at radius 3 is 2.71 bits per heavy atom. The van der Waals surface area contributed by atoms with Crippen LogP contribution in [0.1, 0.15) is 16.1 Å². The van der Waals surface area contributed by atoms with Crippen molar-refractivity contribution in [3.05, 3.63) is 70.2 Å². The number of amides is 1. The van der Waals surface area contributed by atoms with Crippen LogP contribution < -0.4 is 11.2 Å². The summed E-state index contributed by atoms with van der Waals surface area (Å²) in [5, 5.41) is 29.8. The molecule has 1 aromatic carbocycles. The molecule has 0 unspecified atom stereocenters. The summed E-state index contributed by atoms with van der Waals surface area (Å²) in [7, 11) is 0. The molecule has 0 aliphatic rings. The molecule has 14 heteroatoms. The third-order valence-electron chi connectivity index (χ3n) is 4.00. The van der Waals surface area contributed by atoms with Crippen molar-refractivity contribution in [2.45, 2.75) is 0 Å². The Bertz CT molecular complexity index is 1260. The topological polar surface area (TPSA) is 193 Å². The van der Waals surface area contributed by atoms with Crippen LogP contribution in [0.2, 0.25) is 0 Å². The fraction of sp³-hybridized carbons (Fsp3) is 0. The molecule has 0 fully saturated rings. The molecule has 3 N–H and O–H groups in total. The number of hydrogen-bond acceptors (Lipinski definition) is 11. The van der Waals surface area contributed by atoms with Crippen molar-refractivity contribution in [3.8, 4) is 17.1 Å². The molecule has 0 bridgehead atoms. The molecule has 0 saturated carbocycles. The van der Waals surface area contributed by atoms with Gasteiger partial charge >= 0.3 is 0 Å². The van der Waals surface area contributed by atoms with Crippen LogP contribution in [0.15, 0.2) is 58.5 Å².